The number of fused-ring (bicyclic) bond motifs is 1. The molecular weight excluding hydrogens is 430 g/mol. The van der Waals surface area contributed by atoms with Crippen molar-refractivity contribution in [3.05, 3.63) is 53.0 Å². The fraction of sp³-hybridized carbons (Fsp3) is 0.542. The Morgan fingerprint density at radius 3 is 2.82 bits per heavy atom. The van der Waals surface area contributed by atoms with Crippen LogP contribution in [-0.4, -0.2) is 54.3 Å². The molecule has 1 amide bonds. The van der Waals surface area contributed by atoms with Gasteiger partial charge in [0, 0.05) is 56.4 Å². The summed E-state index contributed by atoms with van der Waals surface area (Å²) >= 11 is 0. The van der Waals surface area contributed by atoms with Crippen LogP contribution in [0.3, 0.4) is 0 Å². The van der Waals surface area contributed by atoms with Crippen molar-refractivity contribution < 1.29 is 23.0 Å². The number of rotatable bonds is 5. The minimum Gasteiger partial charge on any atom is -0.464 e. The number of hydrogen-bond donors (Lipinski definition) is 2. The third-order valence-corrected chi connectivity index (χ3v) is 6.82. The Morgan fingerprint density at radius 1 is 1.15 bits per heavy atom. The molecule has 1 aromatic carbocycles. The first kappa shape index (κ1) is 22.2. The number of carbonyl (C=O) groups excluding carboxylic acids is 1. The Balaban J connectivity index is 1.23. The quantitative estimate of drug-likeness (QED) is 0.715. The van der Waals surface area contributed by atoms with Gasteiger partial charge in [0.05, 0.1) is 0 Å². The smallest absolute Gasteiger partial charge is 0.261 e. The van der Waals surface area contributed by atoms with Gasteiger partial charge >= 0.3 is 0 Å². The van der Waals surface area contributed by atoms with E-state index in [0.717, 1.165) is 49.9 Å². The number of aromatic nitrogens is 2. The molecule has 2 aromatic rings. The molecule has 5 rings (SSSR count). The standard InChI is InChI=1S/C24H28F2N4O3/c25-18-3-1-15(10-19(18)26)17-12-27-13-20(17)29-23(31)21-4-2-16-11-28-22(30-24(16)33-21)9-14-5-7-32-8-6-14/h1,3,10-11,14,17,20-21,27H,2,4-9,12-13H2,(H,29,31)/t17-,20+,21+/m0/s1. The van der Waals surface area contributed by atoms with Crippen LogP contribution >= 0.6 is 0 Å². The van der Waals surface area contributed by atoms with E-state index in [1.54, 1.807) is 6.07 Å². The zero-order chi connectivity index (χ0) is 22.8. The van der Waals surface area contributed by atoms with E-state index in [0.29, 0.717) is 43.3 Å². The van der Waals surface area contributed by atoms with E-state index in [-0.39, 0.29) is 17.9 Å². The number of ether oxygens (including phenoxy) is 2. The zero-order valence-corrected chi connectivity index (χ0v) is 18.4. The number of hydrogen-bond acceptors (Lipinski definition) is 6. The summed E-state index contributed by atoms with van der Waals surface area (Å²) in [6, 6.07) is 3.66. The van der Waals surface area contributed by atoms with Crippen molar-refractivity contribution >= 4 is 5.91 Å². The summed E-state index contributed by atoms with van der Waals surface area (Å²) in [4.78, 5) is 22.1. The van der Waals surface area contributed by atoms with Crippen molar-refractivity contribution in [3.63, 3.8) is 0 Å². The molecule has 176 valence electrons. The van der Waals surface area contributed by atoms with Crippen LogP contribution < -0.4 is 15.4 Å². The molecule has 0 unspecified atom stereocenters. The predicted molar refractivity (Wildman–Crippen MR) is 116 cm³/mol. The van der Waals surface area contributed by atoms with Crippen molar-refractivity contribution in [2.75, 3.05) is 26.3 Å². The zero-order valence-electron chi connectivity index (χ0n) is 18.4. The second kappa shape index (κ2) is 9.69. The molecule has 0 radical (unpaired) electrons. The molecule has 0 saturated carbocycles. The van der Waals surface area contributed by atoms with Crippen LogP contribution in [0.2, 0.25) is 0 Å². The van der Waals surface area contributed by atoms with Gasteiger partial charge in [-0.1, -0.05) is 6.07 Å². The Hall–Kier alpha value is -2.65. The van der Waals surface area contributed by atoms with Crippen molar-refractivity contribution in [3.8, 4) is 5.88 Å². The maximum Gasteiger partial charge on any atom is 0.261 e. The molecule has 0 bridgehead atoms. The summed E-state index contributed by atoms with van der Waals surface area (Å²) in [5.41, 5.74) is 1.57. The Labute approximate surface area is 191 Å². The van der Waals surface area contributed by atoms with Crippen molar-refractivity contribution in [1.29, 1.82) is 0 Å². The van der Waals surface area contributed by atoms with E-state index >= 15 is 0 Å². The molecule has 2 saturated heterocycles. The summed E-state index contributed by atoms with van der Waals surface area (Å²) in [6.45, 7) is 2.68. The summed E-state index contributed by atoms with van der Waals surface area (Å²) in [5, 5.41) is 6.27. The SMILES string of the molecule is O=C(N[C@@H]1CNC[C@H]1c1ccc(F)c(F)c1)[C@H]1CCc2cnc(CC3CCOCC3)nc2O1. The molecule has 33 heavy (non-hydrogen) atoms. The predicted octanol–water partition coefficient (Wildman–Crippen LogP) is 2.29. The van der Waals surface area contributed by atoms with Crippen LogP contribution in [0.1, 0.15) is 42.1 Å². The molecule has 0 spiro atoms. The van der Waals surface area contributed by atoms with Crippen LogP contribution in [-0.2, 0) is 22.4 Å². The fourth-order valence-corrected chi connectivity index (χ4v) is 4.87. The summed E-state index contributed by atoms with van der Waals surface area (Å²) in [7, 11) is 0. The third kappa shape index (κ3) is 4.99. The van der Waals surface area contributed by atoms with Gasteiger partial charge in [0.2, 0.25) is 5.88 Å². The molecule has 9 heteroatoms. The first-order valence-electron chi connectivity index (χ1n) is 11.6. The van der Waals surface area contributed by atoms with Crippen molar-refractivity contribution in [2.45, 2.75) is 50.2 Å². The number of benzene rings is 1. The summed E-state index contributed by atoms with van der Waals surface area (Å²) < 4.78 is 38.4. The van der Waals surface area contributed by atoms with Gasteiger partial charge in [-0.15, -0.1) is 0 Å². The van der Waals surface area contributed by atoms with Crippen molar-refractivity contribution in [1.82, 2.24) is 20.6 Å². The second-order valence-electron chi connectivity index (χ2n) is 9.08. The lowest BCUT2D eigenvalue weighted by molar-refractivity contribution is -0.129. The number of halogens is 2. The van der Waals surface area contributed by atoms with Crippen LogP contribution in [0.4, 0.5) is 8.78 Å². The summed E-state index contributed by atoms with van der Waals surface area (Å²) in [5.74, 6) is -0.395. The lowest BCUT2D eigenvalue weighted by Gasteiger charge is -2.27. The highest BCUT2D eigenvalue weighted by Gasteiger charge is 2.34. The van der Waals surface area contributed by atoms with Gasteiger partial charge < -0.3 is 20.1 Å². The molecule has 0 aliphatic carbocycles. The molecule has 2 fully saturated rings. The topological polar surface area (TPSA) is 85.4 Å². The number of nitrogens with one attached hydrogen (secondary N) is 2. The maximum atomic E-state index is 13.7. The molecule has 1 aromatic heterocycles. The largest absolute Gasteiger partial charge is 0.464 e. The van der Waals surface area contributed by atoms with Gasteiger partial charge in [0.25, 0.3) is 5.91 Å². The van der Waals surface area contributed by atoms with E-state index in [1.165, 1.54) is 6.07 Å². The average Bonchev–Trinajstić information content (AvgIpc) is 3.29. The number of aryl methyl sites for hydroxylation is 1. The molecule has 4 heterocycles. The molecule has 2 N–H and O–H groups in total. The molecule has 3 aliphatic heterocycles. The Morgan fingerprint density at radius 2 is 2.00 bits per heavy atom. The third-order valence-electron chi connectivity index (χ3n) is 6.82. The van der Waals surface area contributed by atoms with Gasteiger partial charge in [0.1, 0.15) is 5.82 Å². The molecule has 3 atom stereocenters. The first-order valence-corrected chi connectivity index (χ1v) is 11.6. The van der Waals surface area contributed by atoms with Gasteiger partial charge in [-0.2, -0.15) is 4.98 Å². The molecular formula is C24H28F2N4O3. The average molecular weight is 459 g/mol. The van der Waals surface area contributed by atoms with Gasteiger partial charge in [-0.3, -0.25) is 4.79 Å². The monoisotopic (exact) mass is 458 g/mol. The second-order valence-corrected chi connectivity index (χ2v) is 9.08. The van der Waals surface area contributed by atoms with Gasteiger partial charge in [-0.25, -0.2) is 13.8 Å². The highest BCUT2D eigenvalue weighted by atomic mass is 19.2. The fourth-order valence-electron chi connectivity index (χ4n) is 4.87. The Kier molecular flexibility index (Phi) is 6.50. The van der Waals surface area contributed by atoms with E-state index in [2.05, 4.69) is 20.6 Å². The lowest BCUT2D eigenvalue weighted by atomic mass is 9.93. The first-order chi connectivity index (χ1) is 16.1. The maximum absolute atomic E-state index is 13.7. The minimum atomic E-state index is -0.882. The van der Waals surface area contributed by atoms with Crippen LogP contribution in [0.5, 0.6) is 5.88 Å². The summed E-state index contributed by atoms with van der Waals surface area (Å²) in [6.07, 6.45) is 5.15. The number of carbonyl (C=O) groups is 1. The highest BCUT2D eigenvalue weighted by molar-refractivity contribution is 5.82. The van der Waals surface area contributed by atoms with Crippen LogP contribution in [0.25, 0.3) is 0 Å². The number of amides is 1. The van der Waals surface area contributed by atoms with E-state index in [1.807, 2.05) is 6.20 Å². The minimum absolute atomic E-state index is 0.145. The van der Waals surface area contributed by atoms with Crippen molar-refractivity contribution in [2.24, 2.45) is 5.92 Å². The van der Waals surface area contributed by atoms with E-state index in [9.17, 15) is 13.6 Å². The highest BCUT2D eigenvalue weighted by Crippen LogP contribution is 2.28. The van der Waals surface area contributed by atoms with Crippen LogP contribution in [0.15, 0.2) is 24.4 Å². The molecule has 7 nitrogen and oxygen atoms in total. The van der Waals surface area contributed by atoms with Crippen LogP contribution in [0, 0.1) is 17.6 Å². The Bertz CT molecular complexity index is 1020. The van der Waals surface area contributed by atoms with E-state index in [4.69, 9.17) is 9.47 Å². The molecule has 3 aliphatic rings. The number of nitrogens with zero attached hydrogens (tertiary/aromatic N) is 2. The lowest BCUT2D eigenvalue weighted by Crippen LogP contribution is -2.47. The van der Waals surface area contributed by atoms with Gasteiger partial charge in [0.15, 0.2) is 17.7 Å². The normalized spacial score (nSPS) is 25.3. The van der Waals surface area contributed by atoms with E-state index < -0.39 is 17.7 Å². The van der Waals surface area contributed by atoms with Gasteiger partial charge in [-0.05, 0) is 49.3 Å².